The highest BCUT2D eigenvalue weighted by atomic mass is 35.5. The summed E-state index contributed by atoms with van der Waals surface area (Å²) >= 11 is 6.89. The van der Waals surface area contributed by atoms with Crippen LogP contribution in [0.15, 0.2) is 24.3 Å². The maximum Gasteiger partial charge on any atom is 0.338 e. The van der Waals surface area contributed by atoms with Crippen molar-refractivity contribution in [2.24, 2.45) is 0 Å². The van der Waals surface area contributed by atoms with Crippen LogP contribution in [0.25, 0.3) is 0 Å². The number of esters is 1. The van der Waals surface area contributed by atoms with Gasteiger partial charge >= 0.3 is 5.97 Å². The number of carbonyl (C=O) groups excluding carboxylic acids is 2. The molecule has 0 bridgehead atoms. The van der Waals surface area contributed by atoms with Gasteiger partial charge in [-0.1, -0.05) is 22.2 Å². The number of aromatic nitrogens is 2. The molecule has 1 saturated heterocycles. The minimum Gasteiger partial charge on any atom is -0.455 e. The number of carbonyl (C=O) groups is 2. The van der Waals surface area contributed by atoms with E-state index in [4.69, 9.17) is 16.3 Å². The Morgan fingerprint density at radius 3 is 3.00 bits per heavy atom. The van der Waals surface area contributed by atoms with Crippen LogP contribution in [0.4, 0.5) is 5.69 Å². The molecule has 1 aliphatic rings. The lowest BCUT2D eigenvalue weighted by Gasteiger charge is -2.16. The molecule has 22 heavy (non-hydrogen) atoms. The van der Waals surface area contributed by atoms with Gasteiger partial charge in [0.25, 0.3) is 0 Å². The molecule has 0 N–H and O–H groups in total. The second kappa shape index (κ2) is 6.41. The summed E-state index contributed by atoms with van der Waals surface area (Å²) < 4.78 is 9.25. The Labute approximate surface area is 135 Å². The molecule has 3 rings (SSSR count). The first kappa shape index (κ1) is 14.9. The lowest BCUT2D eigenvalue weighted by molar-refractivity contribution is -0.117. The van der Waals surface area contributed by atoms with E-state index in [0.717, 1.165) is 18.0 Å². The van der Waals surface area contributed by atoms with Gasteiger partial charge in [0.2, 0.25) is 5.91 Å². The molecule has 0 radical (unpaired) electrons. The predicted molar refractivity (Wildman–Crippen MR) is 82.1 cm³/mol. The SMILES string of the molecule is O=C(OCc1nnsc1Cl)c1cccc(N2CCCC2=O)c1. The molecule has 0 spiro atoms. The second-order valence-corrected chi connectivity index (χ2v) is 6.12. The number of hydrogen-bond donors (Lipinski definition) is 0. The van der Waals surface area contributed by atoms with Gasteiger partial charge in [0, 0.05) is 30.2 Å². The lowest BCUT2D eigenvalue weighted by Crippen LogP contribution is -2.23. The fourth-order valence-electron chi connectivity index (χ4n) is 2.22. The number of halogens is 1. The highest BCUT2D eigenvalue weighted by Crippen LogP contribution is 2.23. The normalized spacial score (nSPS) is 14.4. The van der Waals surface area contributed by atoms with Gasteiger partial charge in [-0.15, -0.1) is 5.10 Å². The van der Waals surface area contributed by atoms with Gasteiger partial charge in [-0.3, -0.25) is 4.79 Å². The van der Waals surface area contributed by atoms with Crippen molar-refractivity contribution in [1.29, 1.82) is 0 Å². The number of ether oxygens (including phenoxy) is 1. The molecule has 0 saturated carbocycles. The molecule has 1 amide bonds. The van der Waals surface area contributed by atoms with Gasteiger partial charge < -0.3 is 9.64 Å². The quantitative estimate of drug-likeness (QED) is 0.802. The summed E-state index contributed by atoms with van der Waals surface area (Å²) in [7, 11) is 0. The highest BCUT2D eigenvalue weighted by Gasteiger charge is 2.22. The van der Waals surface area contributed by atoms with Gasteiger partial charge in [0.15, 0.2) is 0 Å². The first-order chi connectivity index (χ1) is 10.6. The van der Waals surface area contributed by atoms with Crippen LogP contribution in [-0.4, -0.2) is 28.0 Å². The Hall–Kier alpha value is -1.99. The summed E-state index contributed by atoms with van der Waals surface area (Å²) in [5, 5.41) is 3.78. The fourth-order valence-corrected chi connectivity index (χ4v) is 2.82. The van der Waals surface area contributed by atoms with E-state index in [1.54, 1.807) is 29.2 Å². The zero-order valence-corrected chi connectivity index (χ0v) is 13.1. The Morgan fingerprint density at radius 1 is 1.45 bits per heavy atom. The van der Waals surface area contributed by atoms with E-state index in [2.05, 4.69) is 9.59 Å². The fraction of sp³-hybridized carbons (Fsp3) is 0.286. The average molecular weight is 338 g/mol. The standard InChI is InChI=1S/C14H12ClN3O3S/c15-13-11(16-17-22-13)8-21-14(20)9-3-1-4-10(7-9)18-6-2-5-12(18)19/h1,3-4,7H,2,5-6,8H2. The summed E-state index contributed by atoms with van der Waals surface area (Å²) in [5.41, 5.74) is 1.53. The molecule has 1 aromatic heterocycles. The van der Waals surface area contributed by atoms with Crippen molar-refractivity contribution in [3.05, 3.63) is 39.9 Å². The monoisotopic (exact) mass is 337 g/mol. The van der Waals surface area contributed by atoms with Crippen molar-refractivity contribution in [2.45, 2.75) is 19.4 Å². The molecular weight excluding hydrogens is 326 g/mol. The number of hydrogen-bond acceptors (Lipinski definition) is 6. The van der Waals surface area contributed by atoms with E-state index in [0.29, 0.717) is 34.2 Å². The van der Waals surface area contributed by atoms with Gasteiger partial charge in [0.05, 0.1) is 5.56 Å². The zero-order chi connectivity index (χ0) is 15.5. The maximum atomic E-state index is 12.1. The molecule has 0 atom stereocenters. The third kappa shape index (κ3) is 3.10. The average Bonchev–Trinajstić information content (AvgIpc) is 3.13. The number of benzene rings is 1. The summed E-state index contributed by atoms with van der Waals surface area (Å²) in [4.78, 5) is 25.5. The number of rotatable bonds is 4. The third-order valence-electron chi connectivity index (χ3n) is 3.32. The summed E-state index contributed by atoms with van der Waals surface area (Å²) in [5.74, 6) is -0.414. The van der Waals surface area contributed by atoms with Gasteiger partial charge in [-0.25, -0.2) is 4.79 Å². The number of anilines is 1. The molecule has 0 aliphatic carbocycles. The molecule has 1 aliphatic heterocycles. The molecule has 8 heteroatoms. The van der Waals surface area contributed by atoms with Crippen molar-refractivity contribution in [3.8, 4) is 0 Å². The van der Waals surface area contributed by atoms with Gasteiger partial charge in [-0.2, -0.15) is 0 Å². The van der Waals surface area contributed by atoms with Gasteiger partial charge in [-0.05, 0) is 24.6 Å². The summed E-state index contributed by atoms with van der Waals surface area (Å²) in [6, 6.07) is 6.84. The molecular formula is C14H12ClN3O3S. The molecule has 114 valence electrons. The molecule has 1 aromatic carbocycles. The third-order valence-corrected chi connectivity index (χ3v) is 4.30. The van der Waals surface area contributed by atoms with Crippen LogP contribution in [0.1, 0.15) is 28.9 Å². The zero-order valence-electron chi connectivity index (χ0n) is 11.5. The van der Waals surface area contributed by atoms with E-state index in [1.807, 2.05) is 0 Å². The van der Waals surface area contributed by atoms with E-state index < -0.39 is 5.97 Å². The minimum absolute atomic E-state index is 0.0267. The van der Waals surface area contributed by atoms with Gasteiger partial charge in [0.1, 0.15) is 16.6 Å². The largest absolute Gasteiger partial charge is 0.455 e. The molecule has 0 unspecified atom stereocenters. The Balaban J connectivity index is 1.70. The first-order valence-electron chi connectivity index (χ1n) is 6.69. The van der Waals surface area contributed by atoms with Crippen molar-refractivity contribution in [3.63, 3.8) is 0 Å². The summed E-state index contributed by atoms with van der Waals surface area (Å²) in [6.45, 7) is 0.651. The smallest absolute Gasteiger partial charge is 0.338 e. The van der Waals surface area contributed by atoms with Crippen LogP contribution in [0, 0.1) is 0 Å². The maximum absolute atomic E-state index is 12.1. The summed E-state index contributed by atoms with van der Waals surface area (Å²) in [6.07, 6.45) is 1.38. The minimum atomic E-state index is -0.488. The Bertz CT molecular complexity index is 719. The van der Waals surface area contributed by atoms with Crippen molar-refractivity contribution >= 4 is 40.7 Å². The molecule has 2 aromatic rings. The van der Waals surface area contributed by atoms with E-state index in [9.17, 15) is 9.59 Å². The number of amides is 1. The van der Waals surface area contributed by atoms with Crippen LogP contribution in [-0.2, 0) is 16.1 Å². The predicted octanol–water partition coefficient (Wildman–Crippen LogP) is 2.68. The van der Waals surface area contributed by atoms with Crippen LogP contribution >= 0.6 is 23.1 Å². The van der Waals surface area contributed by atoms with Crippen LogP contribution in [0.2, 0.25) is 4.34 Å². The van der Waals surface area contributed by atoms with E-state index in [-0.39, 0.29) is 12.5 Å². The molecule has 6 nitrogen and oxygen atoms in total. The number of nitrogens with zero attached hydrogens (tertiary/aromatic N) is 3. The van der Waals surface area contributed by atoms with Crippen LogP contribution in [0.3, 0.4) is 0 Å². The van der Waals surface area contributed by atoms with Crippen LogP contribution in [0.5, 0.6) is 0 Å². The van der Waals surface area contributed by atoms with E-state index in [1.165, 1.54) is 0 Å². The Kier molecular flexibility index (Phi) is 4.35. The Morgan fingerprint density at radius 2 is 2.32 bits per heavy atom. The first-order valence-corrected chi connectivity index (χ1v) is 7.84. The van der Waals surface area contributed by atoms with Crippen molar-refractivity contribution in [2.75, 3.05) is 11.4 Å². The molecule has 1 fully saturated rings. The lowest BCUT2D eigenvalue weighted by atomic mass is 10.2. The second-order valence-electron chi connectivity index (χ2n) is 4.77. The van der Waals surface area contributed by atoms with Crippen LogP contribution < -0.4 is 4.90 Å². The topological polar surface area (TPSA) is 72.4 Å². The van der Waals surface area contributed by atoms with Crippen molar-refractivity contribution in [1.82, 2.24) is 9.59 Å². The highest BCUT2D eigenvalue weighted by molar-refractivity contribution is 7.10. The van der Waals surface area contributed by atoms with E-state index >= 15 is 0 Å². The van der Waals surface area contributed by atoms with Crippen molar-refractivity contribution < 1.29 is 14.3 Å². The molecule has 2 heterocycles.